The van der Waals surface area contributed by atoms with Crippen molar-refractivity contribution in [2.45, 2.75) is 65.1 Å². The first kappa shape index (κ1) is 22.8. The zero-order valence-corrected chi connectivity index (χ0v) is 15.2. The molecule has 0 aliphatic heterocycles. The molecule has 0 spiro atoms. The van der Waals surface area contributed by atoms with Crippen LogP contribution in [-0.4, -0.2) is 46.9 Å². The first-order chi connectivity index (χ1) is 11.5. The molecule has 0 aliphatic rings. The molecule has 0 unspecified atom stereocenters. The molecule has 25 heavy (non-hydrogen) atoms. The zero-order valence-electron chi connectivity index (χ0n) is 15.2. The summed E-state index contributed by atoms with van der Waals surface area (Å²) >= 11 is 0. The van der Waals surface area contributed by atoms with Gasteiger partial charge in [0.25, 0.3) is 0 Å². The molecular weight excluding hydrogens is 328 g/mol. The number of carbonyl (C=O) groups is 4. The number of carbonyl (C=O) groups excluding carboxylic acids is 3. The van der Waals surface area contributed by atoms with Crippen molar-refractivity contribution in [3.05, 3.63) is 0 Å². The highest BCUT2D eigenvalue weighted by molar-refractivity contribution is 5.92. The molecule has 0 saturated heterocycles. The van der Waals surface area contributed by atoms with Crippen molar-refractivity contribution in [3.8, 4) is 0 Å². The predicted molar refractivity (Wildman–Crippen MR) is 92.2 cm³/mol. The summed E-state index contributed by atoms with van der Waals surface area (Å²) in [6.45, 7) is 7.29. The maximum atomic E-state index is 12.4. The van der Waals surface area contributed by atoms with Crippen LogP contribution in [0, 0.1) is 11.8 Å². The summed E-state index contributed by atoms with van der Waals surface area (Å²) in [6, 6.07) is -2.94. The monoisotopic (exact) mass is 358 g/mol. The largest absolute Gasteiger partial charge is 0.480 e. The maximum absolute atomic E-state index is 12.4. The van der Waals surface area contributed by atoms with Crippen LogP contribution in [0.3, 0.4) is 0 Å². The van der Waals surface area contributed by atoms with Crippen molar-refractivity contribution < 1.29 is 24.3 Å². The highest BCUT2D eigenvalue weighted by atomic mass is 16.4. The van der Waals surface area contributed by atoms with Gasteiger partial charge in [-0.3, -0.25) is 14.4 Å². The van der Waals surface area contributed by atoms with Crippen LogP contribution in [0.1, 0.15) is 47.0 Å². The summed E-state index contributed by atoms with van der Waals surface area (Å²) in [5, 5.41) is 14.1. The molecule has 0 fully saturated rings. The Balaban J connectivity index is 4.94. The minimum Gasteiger partial charge on any atom is -0.480 e. The second-order valence-corrected chi connectivity index (χ2v) is 6.87. The second kappa shape index (κ2) is 10.7. The number of carboxylic acids is 1. The van der Waals surface area contributed by atoms with E-state index in [1.54, 1.807) is 13.8 Å². The number of primary amides is 1. The molecule has 0 bridgehead atoms. The Morgan fingerprint density at radius 1 is 1.00 bits per heavy atom. The van der Waals surface area contributed by atoms with E-state index in [0.717, 1.165) is 0 Å². The van der Waals surface area contributed by atoms with Crippen LogP contribution in [0.25, 0.3) is 0 Å². The molecule has 144 valence electrons. The van der Waals surface area contributed by atoms with Gasteiger partial charge in [0.2, 0.25) is 17.7 Å². The molecular formula is C16H30N4O5. The fourth-order valence-corrected chi connectivity index (χ4v) is 2.22. The molecule has 0 aliphatic carbocycles. The fraction of sp³-hybridized carbons (Fsp3) is 0.750. The van der Waals surface area contributed by atoms with Gasteiger partial charge in [-0.15, -0.1) is 0 Å². The number of hydrogen-bond donors (Lipinski definition) is 5. The third-order valence-electron chi connectivity index (χ3n) is 3.60. The van der Waals surface area contributed by atoms with Crippen molar-refractivity contribution in [2.75, 3.05) is 0 Å². The standard InChI is InChI=1S/C16H30N4O5/c1-8(2)7-10(17)14(22)20-13(9(3)4)15(23)19-11(16(24)25)5-6-12(18)21/h8-11,13H,5-7,17H2,1-4H3,(H2,18,21)(H,19,23)(H,20,22)(H,24,25)/t10-,11-,13-/m0/s1. The van der Waals surface area contributed by atoms with Crippen LogP contribution in [0.2, 0.25) is 0 Å². The van der Waals surface area contributed by atoms with Crippen LogP contribution in [0.15, 0.2) is 0 Å². The van der Waals surface area contributed by atoms with Gasteiger partial charge in [-0.25, -0.2) is 4.79 Å². The Labute approximate surface area is 147 Å². The Bertz CT molecular complexity index is 493. The highest BCUT2D eigenvalue weighted by Crippen LogP contribution is 2.07. The lowest BCUT2D eigenvalue weighted by Gasteiger charge is -2.25. The lowest BCUT2D eigenvalue weighted by Crippen LogP contribution is -2.56. The van der Waals surface area contributed by atoms with Gasteiger partial charge in [-0.05, 0) is 24.7 Å². The Morgan fingerprint density at radius 3 is 1.96 bits per heavy atom. The Hall–Kier alpha value is -2.16. The number of aliphatic carboxylic acids is 1. The predicted octanol–water partition coefficient (Wildman–Crippen LogP) is -0.664. The van der Waals surface area contributed by atoms with E-state index in [1.165, 1.54) is 0 Å². The summed E-state index contributed by atoms with van der Waals surface area (Å²) in [6.07, 6.45) is 0.172. The molecule has 9 heteroatoms. The van der Waals surface area contributed by atoms with Crippen LogP contribution in [0.4, 0.5) is 0 Å². The van der Waals surface area contributed by atoms with Crippen LogP contribution < -0.4 is 22.1 Å². The molecule has 0 rings (SSSR count). The minimum absolute atomic E-state index is 0.123. The molecule has 9 nitrogen and oxygen atoms in total. The normalized spacial score (nSPS) is 14.7. The SMILES string of the molecule is CC(C)C[C@H](N)C(=O)N[C@H](C(=O)N[C@@H](CCC(N)=O)C(=O)O)C(C)C. The van der Waals surface area contributed by atoms with Crippen molar-refractivity contribution in [1.82, 2.24) is 10.6 Å². The quantitative estimate of drug-likeness (QED) is 0.329. The first-order valence-electron chi connectivity index (χ1n) is 8.33. The second-order valence-electron chi connectivity index (χ2n) is 6.87. The molecule has 0 radical (unpaired) electrons. The number of carboxylic acid groups (broad SMARTS) is 1. The summed E-state index contributed by atoms with van der Waals surface area (Å²) in [5.74, 6) is -3.10. The number of nitrogens with two attached hydrogens (primary N) is 2. The van der Waals surface area contributed by atoms with Gasteiger partial charge in [0.1, 0.15) is 12.1 Å². The average molecular weight is 358 g/mol. The molecule has 3 atom stereocenters. The Morgan fingerprint density at radius 2 is 1.56 bits per heavy atom. The molecule has 0 aromatic carbocycles. The maximum Gasteiger partial charge on any atom is 0.326 e. The van der Waals surface area contributed by atoms with E-state index < -0.39 is 41.8 Å². The van der Waals surface area contributed by atoms with Gasteiger partial charge in [0.15, 0.2) is 0 Å². The van der Waals surface area contributed by atoms with E-state index in [2.05, 4.69) is 10.6 Å². The van der Waals surface area contributed by atoms with Gasteiger partial charge in [-0.2, -0.15) is 0 Å². The van der Waals surface area contributed by atoms with Crippen LogP contribution in [-0.2, 0) is 19.2 Å². The average Bonchev–Trinajstić information content (AvgIpc) is 2.46. The van der Waals surface area contributed by atoms with E-state index in [0.29, 0.717) is 6.42 Å². The van der Waals surface area contributed by atoms with Crippen molar-refractivity contribution >= 4 is 23.7 Å². The molecule has 0 aromatic rings. The highest BCUT2D eigenvalue weighted by Gasteiger charge is 2.30. The molecule has 0 saturated carbocycles. The topological polar surface area (TPSA) is 165 Å². The fourth-order valence-electron chi connectivity index (χ4n) is 2.22. The number of rotatable bonds is 11. The number of hydrogen-bond acceptors (Lipinski definition) is 5. The summed E-state index contributed by atoms with van der Waals surface area (Å²) in [4.78, 5) is 46.5. The molecule has 7 N–H and O–H groups in total. The van der Waals surface area contributed by atoms with E-state index in [-0.39, 0.29) is 24.7 Å². The first-order valence-corrected chi connectivity index (χ1v) is 8.33. The van der Waals surface area contributed by atoms with Crippen LogP contribution in [0.5, 0.6) is 0 Å². The number of nitrogens with one attached hydrogen (secondary N) is 2. The van der Waals surface area contributed by atoms with Gasteiger partial charge in [0.05, 0.1) is 6.04 Å². The third kappa shape index (κ3) is 9.04. The van der Waals surface area contributed by atoms with E-state index in [1.807, 2.05) is 13.8 Å². The number of amides is 3. The van der Waals surface area contributed by atoms with Gasteiger partial charge >= 0.3 is 5.97 Å². The van der Waals surface area contributed by atoms with E-state index in [4.69, 9.17) is 16.6 Å². The van der Waals surface area contributed by atoms with Crippen molar-refractivity contribution in [1.29, 1.82) is 0 Å². The summed E-state index contributed by atoms with van der Waals surface area (Å²) in [7, 11) is 0. The van der Waals surface area contributed by atoms with Gasteiger partial charge in [0, 0.05) is 6.42 Å². The molecule has 0 aromatic heterocycles. The van der Waals surface area contributed by atoms with E-state index >= 15 is 0 Å². The Kier molecular flexibility index (Phi) is 9.73. The van der Waals surface area contributed by atoms with Crippen LogP contribution >= 0.6 is 0 Å². The minimum atomic E-state index is -1.28. The molecule has 3 amide bonds. The van der Waals surface area contributed by atoms with Gasteiger partial charge in [-0.1, -0.05) is 27.7 Å². The van der Waals surface area contributed by atoms with Gasteiger partial charge < -0.3 is 27.2 Å². The third-order valence-corrected chi connectivity index (χ3v) is 3.60. The summed E-state index contributed by atoms with van der Waals surface area (Å²) in [5.41, 5.74) is 10.8. The summed E-state index contributed by atoms with van der Waals surface area (Å²) < 4.78 is 0. The zero-order chi connectivity index (χ0) is 19.7. The lowest BCUT2D eigenvalue weighted by molar-refractivity contribution is -0.142. The lowest BCUT2D eigenvalue weighted by atomic mass is 10.00. The van der Waals surface area contributed by atoms with E-state index in [9.17, 15) is 19.2 Å². The molecule has 0 heterocycles. The van der Waals surface area contributed by atoms with Crippen molar-refractivity contribution in [3.63, 3.8) is 0 Å². The van der Waals surface area contributed by atoms with Crippen molar-refractivity contribution in [2.24, 2.45) is 23.3 Å². The smallest absolute Gasteiger partial charge is 0.326 e.